The zero-order chi connectivity index (χ0) is 15.7. The summed E-state index contributed by atoms with van der Waals surface area (Å²) in [6.07, 6.45) is 3.43. The second-order valence-corrected chi connectivity index (χ2v) is 6.40. The number of carbonyl (C=O) groups excluding carboxylic acids is 2. The first-order chi connectivity index (χ1) is 10.5. The van der Waals surface area contributed by atoms with E-state index in [0.29, 0.717) is 28.8 Å². The fraction of sp³-hybridized carbons (Fsp3) is 0.529. The highest BCUT2D eigenvalue weighted by atomic mass is 16.5. The van der Waals surface area contributed by atoms with E-state index in [2.05, 4.69) is 24.5 Å². The number of amides is 2. The molecule has 3 rings (SSSR count). The van der Waals surface area contributed by atoms with Gasteiger partial charge in [-0.3, -0.25) is 9.59 Å². The maximum atomic E-state index is 12.5. The largest absolute Gasteiger partial charge is 0.482 e. The summed E-state index contributed by atoms with van der Waals surface area (Å²) in [6.45, 7) is 4.45. The van der Waals surface area contributed by atoms with Crippen molar-refractivity contribution < 1.29 is 14.3 Å². The van der Waals surface area contributed by atoms with Crippen LogP contribution in [0.25, 0.3) is 0 Å². The van der Waals surface area contributed by atoms with E-state index in [1.165, 1.54) is 6.42 Å². The molecule has 1 aliphatic heterocycles. The molecule has 1 aromatic rings. The van der Waals surface area contributed by atoms with Gasteiger partial charge in [-0.15, -0.1) is 0 Å². The van der Waals surface area contributed by atoms with Crippen molar-refractivity contribution >= 4 is 17.5 Å². The van der Waals surface area contributed by atoms with Gasteiger partial charge in [-0.05, 0) is 36.5 Å². The molecule has 1 saturated carbocycles. The molecule has 3 atom stereocenters. The molecule has 0 saturated heterocycles. The summed E-state index contributed by atoms with van der Waals surface area (Å²) in [5, 5.41) is 5.87. The third kappa shape index (κ3) is 2.93. The molecule has 2 N–H and O–H groups in total. The van der Waals surface area contributed by atoms with Gasteiger partial charge in [0.2, 0.25) is 0 Å². The normalized spacial score (nSPS) is 27.4. The molecule has 1 aromatic carbocycles. The van der Waals surface area contributed by atoms with Crippen LogP contribution in [0.4, 0.5) is 5.69 Å². The predicted octanol–water partition coefficient (Wildman–Crippen LogP) is 2.57. The maximum Gasteiger partial charge on any atom is 0.262 e. The van der Waals surface area contributed by atoms with Crippen molar-refractivity contribution in [2.45, 2.75) is 39.2 Å². The van der Waals surface area contributed by atoms with Crippen molar-refractivity contribution in [1.82, 2.24) is 5.32 Å². The Bertz CT molecular complexity index is 600. The third-order valence-corrected chi connectivity index (χ3v) is 4.90. The maximum absolute atomic E-state index is 12.5. The molecule has 0 aromatic heterocycles. The van der Waals surface area contributed by atoms with Crippen LogP contribution in [0.15, 0.2) is 18.2 Å². The van der Waals surface area contributed by atoms with Crippen LogP contribution in [0.1, 0.15) is 43.5 Å². The molecular formula is C17H22N2O3. The van der Waals surface area contributed by atoms with Crippen molar-refractivity contribution in [3.05, 3.63) is 23.8 Å². The van der Waals surface area contributed by atoms with Gasteiger partial charge in [0.05, 0.1) is 5.69 Å². The quantitative estimate of drug-likeness (QED) is 0.882. The van der Waals surface area contributed by atoms with E-state index in [9.17, 15) is 9.59 Å². The molecule has 118 valence electrons. The Morgan fingerprint density at radius 3 is 2.95 bits per heavy atom. The number of benzene rings is 1. The molecule has 22 heavy (non-hydrogen) atoms. The molecule has 2 amide bonds. The van der Waals surface area contributed by atoms with Gasteiger partial charge < -0.3 is 15.4 Å². The highest BCUT2D eigenvalue weighted by Gasteiger charge is 2.28. The minimum Gasteiger partial charge on any atom is -0.482 e. The summed E-state index contributed by atoms with van der Waals surface area (Å²) in [6, 6.07) is 5.36. The van der Waals surface area contributed by atoms with Crippen molar-refractivity contribution in [2.75, 3.05) is 11.9 Å². The first-order valence-corrected chi connectivity index (χ1v) is 7.92. The van der Waals surface area contributed by atoms with Crippen LogP contribution < -0.4 is 15.4 Å². The van der Waals surface area contributed by atoms with Crippen molar-refractivity contribution in [3.63, 3.8) is 0 Å². The highest BCUT2D eigenvalue weighted by Crippen LogP contribution is 2.31. The minimum absolute atomic E-state index is 0.00472. The Morgan fingerprint density at radius 1 is 1.32 bits per heavy atom. The number of hydrogen-bond acceptors (Lipinski definition) is 3. The Hall–Kier alpha value is -2.04. The third-order valence-electron chi connectivity index (χ3n) is 4.90. The van der Waals surface area contributed by atoms with Gasteiger partial charge >= 0.3 is 0 Å². The number of hydrogen-bond donors (Lipinski definition) is 2. The van der Waals surface area contributed by atoms with Gasteiger partial charge in [-0.1, -0.05) is 26.7 Å². The Morgan fingerprint density at radius 2 is 2.14 bits per heavy atom. The highest BCUT2D eigenvalue weighted by molar-refractivity contribution is 5.99. The molecule has 0 bridgehead atoms. The summed E-state index contributed by atoms with van der Waals surface area (Å²) in [4.78, 5) is 23.7. The van der Waals surface area contributed by atoms with Gasteiger partial charge in [-0.2, -0.15) is 0 Å². The average molecular weight is 302 g/mol. The predicted molar refractivity (Wildman–Crippen MR) is 84.0 cm³/mol. The van der Waals surface area contributed by atoms with E-state index in [0.717, 1.165) is 12.8 Å². The molecule has 0 unspecified atom stereocenters. The fourth-order valence-electron chi connectivity index (χ4n) is 3.25. The van der Waals surface area contributed by atoms with Crippen LogP contribution >= 0.6 is 0 Å². The zero-order valence-corrected chi connectivity index (χ0v) is 13.0. The smallest absolute Gasteiger partial charge is 0.262 e. The number of rotatable bonds is 2. The molecular weight excluding hydrogens is 280 g/mol. The van der Waals surface area contributed by atoms with Crippen molar-refractivity contribution in [2.24, 2.45) is 11.8 Å². The second-order valence-electron chi connectivity index (χ2n) is 6.40. The summed E-state index contributed by atoms with van der Waals surface area (Å²) >= 11 is 0. The number of fused-ring (bicyclic) bond motifs is 1. The van der Waals surface area contributed by atoms with Crippen molar-refractivity contribution in [1.29, 1.82) is 0 Å². The van der Waals surface area contributed by atoms with E-state index in [4.69, 9.17) is 4.74 Å². The van der Waals surface area contributed by atoms with Crippen LogP contribution in [0.2, 0.25) is 0 Å². The van der Waals surface area contributed by atoms with Crippen LogP contribution in [-0.2, 0) is 4.79 Å². The summed E-state index contributed by atoms with van der Waals surface area (Å²) in [5.41, 5.74) is 1.19. The molecule has 0 radical (unpaired) electrons. The zero-order valence-electron chi connectivity index (χ0n) is 13.0. The lowest BCUT2D eigenvalue weighted by Gasteiger charge is -2.34. The fourth-order valence-corrected chi connectivity index (χ4v) is 3.25. The van der Waals surface area contributed by atoms with E-state index < -0.39 is 0 Å². The minimum atomic E-state index is -0.172. The summed E-state index contributed by atoms with van der Waals surface area (Å²) in [5.74, 6) is 1.44. The van der Waals surface area contributed by atoms with Crippen LogP contribution in [0.3, 0.4) is 0 Å². The van der Waals surface area contributed by atoms with Gasteiger partial charge in [0, 0.05) is 11.6 Å². The molecule has 1 heterocycles. The van der Waals surface area contributed by atoms with Gasteiger partial charge in [0.25, 0.3) is 11.8 Å². The molecule has 2 aliphatic rings. The van der Waals surface area contributed by atoms with Gasteiger partial charge in [-0.25, -0.2) is 0 Å². The lowest BCUT2D eigenvalue weighted by molar-refractivity contribution is -0.118. The summed E-state index contributed by atoms with van der Waals surface area (Å²) in [7, 11) is 0. The van der Waals surface area contributed by atoms with E-state index in [1.807, 2.05) is 0 Å². The number of nitrogens with one attached hydrogen (secondary N) is 2. The number of carbonyl (C=O) groups is 2. The average Bonchev–Trinajstić information content (AvgIpc) is 2.51. The van der Waals surface area contributed by atoms with E-state index >= 15 is 0 Å². The van der Waals surface area contributed by atoms with Gasteiger partial charge in [0.15, 0.2) is 6.61 Å². The molecule has 1 aliphatic carbocycles. The molecule has 5 heteroatoms. The monoisotopic (exact) mass is 302 g/mol. The number of anilines is 1. The van der Waals surface area contributed by atoms with Crippen LogP contribution in [0.5, 0.6) is 5.75 Å². The first kappa shape index (κ1) is 14.9. The Labute approximate surface area is 130 Å². The molecule has 1 fully saturated rings. The SMILES string of the molecule is C[C@H]1[C@H](C)CCC[C@H]1NC(=O)c1ccc2c(c1)OCC(=O)N2. The number of ether oxygens (including phenoxy) is 1. The standard InChI is InChI=1S/C17H22N2O3/c1-10-4-3-5-13(11(10)2)19-17(21)12-6-7-14-15(8-12)22-9-16(20)18-14/h6-8,10-11,13H,3-5,9H2,1-2H3,(H,18,20)(H,19,21)/t10-,11+,13-/m1/s1. The Kier molecular flexibility index (Phi) is 4.05. The van der Waals surface area contributed by atoms with Crippen LogP contribution in [0, 0.1) is 11.8 Å². The van der Waals surface area contributed by atoms with E-state index in [1.54, 1.807) is 18.2 Å². The lowest BCUT2D eigenvalue weighted by atomic mass is 9.78. The van der Waals surface area contributed by atoms with Crippen molar-refractivity contribution in [3.8, 4) is 5.75 Å². The topological polar surface area (TPSA) is 67.4 Å². The Balaban J connectivity index is 1.71. The second kappa shape index (κ2) is 5.99. The van der Waals surface area contributed by atoms with E-state index in [-0.39, 0.29) is 24.5 Å². The van der Waals surface area contributed by atoms with Gasteiger partial charge in [0.1, 0.15) is 5.75 Å². The lowest BCUT2D eigenvalue weighted by Crippen LogP contribution is -2.43. The molecule has 5 nitrogen and oxygen atoms in total. The molecule has 0 spiro atoms. The van der Waals surface area contributed by atoms with Crippen LogP contribution in [-0.4, -0.2) is 24.5 Å². The first-order valence-electron chi connectivity index (χ1n) is 7.92. The summed E-state index contributed by atoms with van der Waals surface area (Å²) < 4.78 is 5.36.